The van der Waals surface area contributed by atoms with E-state index in [9.17, 15) is 4.79 Å². The summed E-state index contributed by atoms with van der Waals surface area (Å²) >= 11 is 0. The molecule has 16 heavy (non-hydrogen) atoms. The van der Waals surface area contributed by atoms with Gasteiger partial charge in [-0.2, -0.15) is 0 Å². The van der Waals surface area contributed by atoms with Crippen molar-refractivity contribution >= 4 is 14.6 Å². The van der Waals surface area contributed by atoms with Gasteiger partial charge in [-0.1, -0.05) is 20.8 Å². The van der Waals surface area contributed by atoms with Crippen LogP contribution in [-0.4, -0.2) is 20.7 Å². The number of fused-ring (bicyclic) bond motifs is 1. The highest BCUT2D eigenvalue weighted by atomic mass is 28.4. The molecule has 3 heteroatoms. The number of hydrogen-bond donors (Lipinski definition) is 0. The Labute approximate surface area is 99.9 Å². The molecule has 0 aliphatic heterocycles. The van der Waals surface area contributed by atoms with E-state index in [1.165, 1.54) is 30.8 Å². The van der Waals surface area contributed by atoms with Gasteiger partial charge >= 0.3 is 0 Å². The monoisotopic (exact) mass is 240 g/mol. The first-order valence-electron chi connectivity index (χ1n) is 6.79. The third-order valence-corrected chi connectivity index (χ3v) is 9.78. The Balaban J connectivity index is 2.07. The summed E-state index contributed by atoms with van der Waals surface area (Å²) in [6.45, 7) is 6.77. The van der Waals surface area contributed by atoms with E-state index in [-0.39, 0.29) is 11.5 Å². The molecule has 2 bridgehead atoms. The molecule has 3 fully saturated rings. The van der Waals surface area contributed by atoms with E-state index in [1.54, 1.807) is 0 Å². The molecule has 3 aliphatic carbocycles. The van der Waals surface area contributed by atoms with Gasteiger partial charge in [0.1, 0.15) is 6.29 Å². The van der Waals surface area contributed by atoms with Gasteiger partial charge in [0.2, 0.25) is 0 Å². The first-order valence-corrected chi connectivity index (χ1v) is 9.32. The van der Waals surface area contributed by atoms with Gasteiger partial charge in [-0.3, -0.25) is 0 Å². The number of hydrogen-bond acceptors (Lipinski definition) is 2. The van der Waals surface area contributed by atoms with E-state index in [0.717, 1.165) is 12.8 Å². The molecule has 0 aromatic carbocycles. The first-order chi connectivity index (χ1) is 7.65. The van der Waals surface area contributed by atoms with Crippen molar-refractivity contribution in [3.05, 3.63) is 0 Å². The largest absolute Gasteiger partial charge is 0.413 e. The third kappa shape index (κ3) is 1.60. The quantitative estimate of drug-likeness (QED) is 0.525. The third-order valence-electron chi connectivity index (χ3n) is 5.16. The van der Waals surface area contributed by atoms with Crippen molar-refractivity contribution in [2.45, 2.75) is 64.3 Å². The normalized spacial score (nSPS) is 37.2. The lowest BCUT2D eigenvalue weighted by Crippen LogP contribution is -2.54. The van der Waals surface area contributed by atoms with Crippen molar-refractivity contribution in [2.75, 3.05) is 0 Å². The maximum Gasteiger partial charge on any atom is 0.192 e. The van der Waals surface area contributed by atoms with Crippen molar-refractivity contribution in [3.8, 4) is 0 Å². The molecule has 0 spiro atoms. The maximum atomic E-state index is 11.3. The Morgan fingerprint density at radius 2 is 1.94 bits per heavy atom. The van der Waals surface area contributed by atoms with Crippen LogP contribution < -0.4 is 0 Å². The topological polar surface area (TPSA) is 26.3 Å². The van der Waals surface area contributed by atoms with Crippen molar-refractivity contribution in [1.82, 2.24) is 0 Å². The summed E-state index contributed by atoms with van der Waals surface area (Å²) in [5.74, 6) is 0.696. The van der Waals surface area contributed by atoms with Crippen LogP contribution in [0.4, 0.5) is 0 Å². The highest BCUT2D eigenvalue weighted by Gasteiger charge is 2.61. The second-order valence-electron chi connectivity index (χ2n) is 5.64. The van der Waals surface area contributed by atoms with E-state index < -0.39 is 8.32 Å². The van der Waals surface area contributed by atoms with E-state index in [0.29, 0.717) is 5.92 Å². The molecular weight excluding hydrogens is 216 g/mol. The average molecular weight is 240 g/mol. The smallest absolute Gasteiger partial charge is 0.192 e. The fourth-order valence-corrected chi connectivity index (χ4v) is 6.59. The number of carbonyl (C=O) groups excluding carboxylic acids is 1. The molecule has 0 aromatic heterocycles. The predicted octanol–water partition coefficient (Wildman–Crippen LogP) is 3.38. The van der Waals surface area contributed by atoms with Crippen molar-refractivity contribution in [2.24, 2.45) is 11.3 Å². The Morgan fingerprint density at radius 3 is 2.38 bits per heavy atom. The fourth-order valence-electron chi connectivity index (χ4n) is 3.63. The molecular formula is C13H24O2Si. The molecule has 3 atom stereocenters. The molecule has 0 N–H and O–H groups in total. The average Bonchev–Trinajstić information content (AvgIpc) is 2.90. The predicted molar refractivity (Wildman–Crippen MR) is 67.9 cm³/mol. The second kappa shape index (κ2) is 4.26. The lowest BCUT2D eigenvalue weighted by molar-refractivity contribution is -0.131. The van der Waals surface area contributed by atoms with E-state index in [2.05, 4.69) is 20.8 Å². The number of rotatable bonds is 6. The summed E-state index contributed by atoms with van der Waals surface area (Å²) in [6, 6.07) is 3.58. The molecule has 1 unspecified atom stereocenters. The van der Waals surface area contributed by atoms with Crippen LogP contribution in [0.5, 0.6) is 0 Å². The fraction of sp³-hybridized carbons (Fsp3) is 0.923. The summed E-state index contributed by atoms with van der Waals surface area (Å²) in [7, 11) is -1.52. The zero-order chi connectivity index (χ0) is 11.8. The van der Waals surface area contributed by atoms with Gasteiger partial charge in [-0.25, -0.2) is 0 Å². The van der Waals surface area contributed by atoms with Gasteiger partial charge in [-0.15, -0.1) is 0 Å². The molecule has 0 aromatic rings. The zero-order valence-corrected chi connectivity index (χ0v) is 11.8. The van der Waals surface area contributed by atoms with Gasteiger partial charge in [0.05, 0.1) is 11.5 Å². The molecule has 92 valence electrons. The van der Waals surface area contributed by atoms with Gasteiger partial charge in [0.25, 0.3) is 0 Å². The van der Waals surface area contributed by atoms with Gasteiger partial charge in [0.15, 0.2) is 8.32 Å². The highest BCUT2D eigenvalue weighted by molar-refractivity contribution is 6.73. The highest BCUT2D eigenvalue weighted by Crippen LogP contribution is 2.59. The summed E-state index contributed by atoms with van der Waals surface area (Å²) in [5.41, 5.74) is -0.0670. The maximum absolute atomic E-state index is 11.3. The van der Waals surface area contributed by atoms with Crippen LogP contribution in [-0.2, 0) is 9.22 Å². The van der Waals surface area contributed by atoms with E-state index >= 15 is 0 Å². The van der Waals surface area contributed by atoms with Crippen molar-refractivity contribution in [1.29, 1.82) is 0 Å². The van der Waals surface area contributed by atoms with Gasteiger partial charge in [0, 0.05) is 0 Å². The molecule has 3 saturated carbocycles. The molecule has 0 amide bonds. The van der Waals surface area contributed by atoms with Crippen LogP contribution in [0.2, 0.25) is 18.1 Å². The Morgan fingerprint density at radius 1 is 1.31 bits per heavy atom. The SMILES string of the molecule is CC[Si](CC)(CC)OC1[C@@H]2CC[C@@]1(C=O)C2. The molecule has 3 rings (SSSR count). The van der Waals surface area contributed by atoms with Crippen LogP contribution in [0.15, 0.2) is 0 Å². The minimum atomic E-state index is -1.52. The summed E-state index contributed by atoms with van der Waals surface area (Å²) in [4.78, 5) is 11.3. The minimum Gasteiger partial charge on any atom is -0.413 e. The van der Waals surface area contributed by atoms with Crippen molar-refractivity contribution in [3.63, 3.8) is 0 Å². The summed E-state index contributed by atoms with van der Waals surface area (Å²) < 4.78 is 6.51. The van der Waals surface area contributed by atoms with Crippen LogP contribution in [0.25, 0.3) is 0 Å². The van der Waals surface area contributed by atoms with Crippen LogP contribution in [0, 0.1) is 11.3 Å². The van der Waals surface area contributed by atoms with Gasteiger partial charge < -0.3 is 9.22 Å². The summed E-state index contributed by atoms with van der Waals surface area (Å²) in [6.07, 6.45) is 4.87. The second-order valence-corrected chi connectivity index (χ2v) is 10.4. The van der Waals surface area contributed by atoms with Crippen LogP contribution in [0.1, 0.15) is 40.0 Å². The Hall–Kier alpha value is -0.153. The van der Waals surface area contributed by atoms with E-state index in [1.807, 2.05) is 0 Å². The lowest BCUT2D eigenvalue weighted by Gasteiger charge is -2.48. The minimum absolute atomic E-state index is 0.0670. The molecule has 0 radical (unpaired) electrons. The standard InChI is InChI=1S/C13H24O2Si/c1-4-16(5-2,6-3)15-12-11-7-8-13(12,9-11)10-14/h10-12H,4-9H2,1-3H3/t11-,12?,13+/m1/s1. The first kappa shape index (κ1) is 12.3. The van der Waals surface area contributed by atoms with E-state index in [4.69, 9.17) is 4.43 Å². The molecule has 3 aliphatic rings. The van der Waals surface area contributed by atoms with Gasteiger partial charge in [-0.05, 0) is 43.3 Å². The Kier molecular flexibility index (Phi) is 3.28. The van der Waals surface area contributed by atoms with Crippen molar-refractivity contribution < 1.29 is 9.22 Å². The van der Waals surface area contributed by atoms with Crippen LogP contribution >= 0.6 is 0 Å². The Bertz CT molecular complexity index is 263. The molecule has 2 nitrogen and oxygen atoms in total. The lowest BCUT2D eigenvalue weighted by atomic mass is 9.68. The van der Waals surface area contributed by atoms with Crippen LogP contribution in [0.3, 0.4) is 0 Å². The number of aldehydes is 1. The zero-order valence-electron chi connectivity index (χ0n) is 10.8. The molecule has 0 heterocycles. The molecule has 0 saturated heterocycles. The number of carbonyl (C=O) groups is 1. The summed E-state index contributed by atoms with van der Waals surface area (Å²) in [5, 5.41) is 0.